The zero-order chi connectivity index (χ0) is 18.7. The van der Waals surface area contributed by atoms with Crippen LogP contribution in [0, 0.1) is 5.92 Å². The van der Waals surface area contributed by atoms with Gasteiger partial charge < -0.3 is 5.32 Å². The van der Waals surface area contributed by atoms with E-state index in [4.69, 9.17) is 5.14 Å². The molecule has 1 saturated heterocycles. The molecule has 25 heavy (non-hydrogen) atoms. The van der Waals surface area contributed by atoms with Gasteiger partial charge in [0.15, 0.2) is 0 Å². The van der Waals surface area contributed by atoms with Crippen molar-refractivity contribution in [1.29, 1.82) is 0 Å². The number of rotatable bonds is 6. The lowest BCUT2D eigenvalue weighted by atomic mass is 9.99. The molecule has 0 radical (unpaired) electrons. The average Bonchev–Trinajstić information content (AvgIpc) is 2.59. The van der Waals surface area contributed by atoms with E-state index in [9.17, 15) is 21.6 Å². The van der Waals surface area contributed by atoms with E-state index in [-0.39, 0.29) is 35.6 Å². The topological polar surface area (TPSA) is 127 Å². The number of nitrogens with two attached hydrogens (primary N) is 1. The van der Waals surface area contributed by atoms with Gasteiger partial charge in [-0.2, -0.15) is 0 Å². The average molecular weight is 389 g/mol. The summed E-state index contributed by atoms with van der Waals surface area (Å²) in [6.07, 6.45) is 1.30. The number of nitrogens with zero attached hydrogens (tertiary/aromatic N) is 1. The van der Waals surface area contributed by atoms with Crippen LogP contribution < -0.4 is 10.5 Å². The van der Waals surface area contributed by atoms with Gasteiger partial charge in [-0.05, 0) is 37.5 Å². The van der Waals surface area contributed by atoms with Crippen LogP contribution in [0.25, 0.3) is 0 Å². The fourth-order valence-electron chi connectivity index (χ4n) is 2.72. The zero-order valence-electron chi connectivity index (χ0n) is 14.0. The summed E-state index contributed by atoms with van der Waals surface area (Å²) >= 11 is 0. The maximum Gasteiger partial charge on any atom is 0.238 e. The summed E-state index contributed by atoms with van der Waals surface area (Å²) in [7, 11) is -7.03. The number of nitrogens with one attached hydrogen (secondary N) is 1. The summed E-state index contributed by atoms with van der Waals surface area (Å²) in [6.45, 7) is 2.48. The Balaban J connectivity index is 1.94. The summed E-state index contributed by atoms with van der Waals surface area (Å²) in [6, 6.07) is 5.92. The number of carbonyl (C=O) groups is 1. The van der Waals surface area contributed by atoms with E-state index < -0.39 is 20.0 Å². The minimum atomic E-state index is -3.74. The molecule has 3 N–H and O–H groups in total. The highest BCUT2D eigenvalue weighted by Gasteiger charge is 2.31. The third-order valence-corrected chi connectivity index (χ3v) is 7.01. The van der Waals surface area contributed by atoms with Crippen molar-refractivity contribution in [3.05, 3.63) is 29.8 Å². The molecule has 1 atom stereocenters. The number of carbonyl (C=O) groups excluding carboxylic acids is 1. The molecule has 0 aliphatic carbocycles. The van der Waals surface area contributed by atoms with E-state index in [2.05, 4.69) is 5.32 Å². The Bertz CT molecular complexity index is 819. The number of sulfonamides is 2. The van der Waals surface area contributed by atoms with Crippen LogP contribution in [0.1, 0.15) is 25.3 Å². The lowest BCUT2D eigenvalue weighted by Crippen LogP contribution is -2.45. The van der Waals surface area contributed by atoms with Crippen molar-refractivity contribution < 1.29 is 21.6 Å². The molecule has 0 bridgehead atoms. The van der Waals surface area contributed by atoms with Gasteiger partial charge in [0.2, 0.25) is 26.0 Å². The minimum Gasteiger partial charge on any atom is -0.352 e. The largest absolute Gasteiger partial charge is 0.352 e. The Kier molecular flexibility index (Phi) is 6.20. The SMILES string of the molecule is CCS(=O)(=O)N1CCC[C@@H](C(=O)NCc2ccc(S(N)(=O)=O)cc2)C1. The van der Waals surface area contributed by atoms with Gasteiger partial charge in [0.1, 0.15) is 0 Å². The van der Waals surface area contributed by atoms with Crippen LogP contribution in [0.4, 0.5) is 0 Å². The molecule has 0 saturated carbocycles. The van der Waals surface area contributed by atoms with Gasteiger partial charge in [-0.15, -0.1) is 0 Å². The summed E-state index contributed by atoms with van der Waals surface area (Å²) in [4.78, 5) is 12.3. The highest BCUT2D eigenvalue weighted by atomic mass is 32.2. The molecular formula is C15H23N3O5S2. The van der Waals surface area contributed by atoms with E-state index in [1.807, 2.05) is 0 Å². The Labute approximate surface area is 148 Å². The molecule has 1 heterocycles. The molecule has 2 rings (SSSR count). The van der Waals surface area contributed by atoms with Crippen molar-refractivity contribution >= 4 is 26.0 Å². The van der Waals surface area contributed by atoms with Crippen LogP contribution in [0.5, 0.6) is 0 Å². The first-order valence-corrected chi connectivity index (χ1v) is 11.2. The Hall–Kier alpha value is -1.49. The second kappa shape index (κ2) is 7.81. The first-order valence-electron chi connectivity index (χ1n) is 8.01. The lowest BCUT2D eigenvalue weighted by molar-refractivity contribution is -0.126. The minimum absolute atomic E-state index is 0.00951. The second-order valence-electron chi connectivity index (χ2n) is 6.00. The molecule has 1 aliphatic heterocycles. The van der Waals surface area contributed by atoms with E-state index in [1.165, 1.54) is 16.4 Å². The Morgan fingerprint density at radius 1 is 1.24 bits per heavy atom. The molecule has 1 aromatic rings. The molecule has 0 unspecified atom stereocenters. The second-order valence-corrected chi connectivity index (χ2v) is 9.82. The van der Waals surface area contributed by atoms with Crippen LogP contribution >= 0.6 is 0 Å². The van der Waals surface area contributed by atoms with E-state index >= 15 is 0 Å². The molecule has 0 aromatic heterocycles. The highest BCUT2D eigenvalue weighted by Crippen LogP contribution is 2.20. The Morgan fingerprint density at radius 2 is 1.88 bits per heavy atom. The number of benzene rings is 1. The number of piperidine rings is 1. The van der Waals surface area contributed by atoms with E-state index in [1.54, 1.807) is 19.1 Å². The lowest BCUT2D eigenvalue weighted by Gasteiger charge is -2.30. The predicted molar refractivity (Wildman–Crippen MR) is 93.4 cm³/mol. The standard InChI is InChI=1S/C15H23N3O5S2/c1-2-24(20,21)18-9-3-4-13(11-18)15(19)17-10-12-5-7-14(8-6-12)25(16,22)23/h5-8,13H,2-4,9-11H2,1H3,(H,17,19)(H2,16,22,23)/t13-/m1/s1. The summed E-state index contributed by atoms with van der Waals surface area (Å²) in [5.41, 5.74) is 0.731. The molecule has 140 valence electrons. The van der Waals surface area contributed by atoms with Gasteiger partial charge in [0.25, 0.3) is 0 Å². The molecule has 0 spiro atoms. The van der Waals surface area contributed by atoms with Crippen LogP contribution in [0.3, 0.4) is 0 Å². The summed E-state index contributed by atoms with van der Waals surface area (Å²) < 4.78 is 47.7. The van der Waals surface area contributed by atoms with Gasteiger partial charge in [-0.1, -0.05) is 12.1 Å². The van der Waals surface area contributed by atoms with Gasteiger partial charge in [-0.25, -0.2) is 26.3 Å². The van der Waals surface area contributed by atoms with Gasteiger partial charge in [0.05, 0.1) is 16.6 Å². The van der Waals surface area contributed by atoms with Crippen molar-refractivity contribution in [3.63, 3.8) is 0 Å². The van der Waals surface area contributed by atoms with E-state index in [0.29, 0.717) is 19.4 Å². The van der Waals surface area contributed by atoms with Gasteiger partial charge in [-0.3, -0.25) is 4.79 Å². The van der Waals surface area contributed by atoms with Gasteiger partial charge in [0, 0.05) is 19.6 Å². The molecule has 1 aliphatic rings. The number of hydrogen-bond donors (Lipinski definition) is 2. The number of amides is 1. The highest BCUT2D eigenvalue weighted by molar-refractivity contribution is 7.89. The predicted octanol–water partition coefficient (Wildman–Crippen LogP) is 0.0119. The van der Waals surface area contributed by atoms with Crippen LogP contribution in [0.2, 0.25) is 0 Å². The van der Waals surface area contributed by atoms with Gasteiger partial charge >= 0.3 is 0 Å². The third kappa shape index (κ3) is 5.24. The fraction of sp³-hybridized carbons (Fsp3) is 0.533. The van der Waals surface area contributed by atoms with Crippen molar-refractivity contribution in [3.8, 4) is 0 Å². The van der Waals surface area contributed by atoms with Crippen molar-refractivity contribution in [2.75, 3.05) is 18.8 Å². The normalized spacial score (nSPS) is 19.5. The summed E-state index contributed by atoms with van der Waals surface area (Å²) in [5.74, 6) is -0.553. The first kappa shape index (κ1) is 19.8. The van der Waals surface area contributed by atoms with Crippen molar-refractivity contribution in [2.24, 2.45) is 11.1 Å². The van der Waals surface area contributed by atoms with Crippen molar-refractivity contribution in [1.82, 2.24) is 9.62 Å². The molecule has 1 aromatic carbocycles. The number of primary sulfonamides is 1. The monoisotopic (exact) mass is 389 g/mol. The van der Waals surface area contributed by atoms with Crippen LogP contribution in [0.15, 0.2) is 29.2 Å². The molecule has 1 amide bonds. The maximum atomic E-state index is 12.3. The van der Waals surface area contributed by atoms with Crippen molar-refractivity contribution in [2.45, 2.75) is 31.2 Å². The molecule has 8 nitrogen and oxygen atoms in total. The zero-order valence-corrected chi connectivity index (χ0v) is 15.6. The molecule has 10 heteroatoms. The quantitative estimate of drug-likeness (QED) is 0.709. The first-order chi connectivity index (χ1) is 11.6. The molecular weight excluding hydrogens is 366 g/mol. The number of hydrogen-bond acceptors (Lipinski definition) is 5. The van der Waals surface area contributed by atoms with E-state index in [0.717, 1.165) is 5.56 Å². The summed E-state index contributed by atoms with van der Waals surface area (Å²) in [5, 5.41) is 7.81. The maximum absolute atomic E-state index is 12.3. The molecule has 1 fully saturated rings. The smallest absolute Gasteiger partial charge is 0.238 e. The Morgan fingerprint density at radius 3 is 2.44 bits per heavy atom. The van der Waals surface area contributed by atoms with Crippen LogP contribution in [-0.2, 0) is 31.4 Å². The fourth-order valence-corrected chi connectivity index (χ4v) is 4.42. The third-order valence-electron chi connectivity index (χ3n) is 4.23. The van der Waals surface area contributed by atoms with Crippen LogP contribution in [-0.4, -0.2) is 45.9 Å².